The molecule has 1 atom stereocenters. The fourth-order valence-electron chi connectivity index (χ4n) is 1.67. The van der Waals surface area contributed by atoms with Gasteiger partial charge in [-0.2, -0.15) is 0 Å². The molecular weight excluding hydrogens is 314 g/mol. The minimum atomic E-state index is -1.08. The number of amides is 1. The second-order valence-electron chi connectivity index (χ2n) is 4.31. The zero-order valence-electron chi connectivity index (χ0n) is 10.8. The monoisotopic (exact) mass is 329 g/mol. The summed E-state index contributed by atoms with van der Waals surface area (Å²) in [6, 6.07) is 4.63. The van der Waals surface area contributed by atoms with Gasteiger partial charge in [-0.15, -0.1) is 0 Å². The predicted octanol–water partition coefficient (Wildman–Crippen LogP) is 2.76. The molecule has 5 nitrogen and oxygen atoms in total. The van der Waals surface area contributed by atoms with Gasteiger partial charge in [-0.25, -0.2) is 4.79 Å². The van der Waals surface area contributed by atoms with Crippen LogP contribution in [-0.4, -0.2) is 30.7 Å². The van der Waals surface area contributed by atoms with Gasteiger partial charge >= 0.3 is 5.97 Å². The molecule has 0 radical (unpaired) electrons. The summed E-state index contributed by atoms with van der Waals surface area (Å²) in [6.07, 6.45) is 0.277. The molecule has 1 aromatic carbocycles. The largest absolute Gasteiger partial charge is 0.478 e. The standard InChI is InChI=1S/C13H16BrNO4/c1-8(7-19-2)5-12(16)15-11-6-9(14)3-4-10(11)13(17)18/h3-4,6,8H,5,7H2,1-2H3,(H,15,16)(H,17,18). The molecule has 19 heavy (non-hydrogen) atoms. The van der Waals surface area contributed by atoms with Crippen molar-refractivity contribution in [1.82, 2.24) is 0 Å². The summed E-state index contributed by atoms with van der Waals surface area (Å²) in [5.41, 5.74) is 0.354. The first-order valence-corrected chi connectivity index (χ1v) is 6.55. The SMILES string of the molecule is COCC(C)CC(=O)Nc1cc(Br)ccc1C(=O)O. The Morgan fingerprint density at radius 3 is 2.74 bits per heavy atom. The lowest BCUT2D eigenvalue weighted by Crippen LogP contribution is -2.19. The fourth-order valence-corrected chi connectivity index (χ4v) is 2.03. The molecule has 0 bridgehead atoms. The lowest BCUT2D eigenvalue weighted by molar-refractivity contribution is -0.117. The molecule has 0 aliphatic rings. The van der Waals surface area contributed by atoms with Crippen molar-refractivity contribution in [2.75, 3.05) is 19.0 Å². The number of halogens is 1. The Morgan fingerprint density at radius 2 is 2.16 bits per heavy atom. The minimum Gasteiger partial charge on any atom is -0.478 e. The number of carbonyl (C=O) groups is 2. The molecule has 0 aliphatic carbocycles. The van der Waals surface area contributed by atoms with Crippen molar-refractivity contribution in [2.45, 2.75) is 13.3 Å². The Kier molecular flexibility index (Phi) is 5.98. The molecule has 1 amide bonds. The molecule has 0 fully saturated rings. The Balaban J connectivity index is 2.78. The Hall–Kier alpha value is -1.40. The number of rotatable bonds is 6. The number of aromatic carboxylic acids is 1. The van der Waals surface area contributed by atoms with Crippen LogP contribution in [0.1, 0.15) is 23.7 Å². The van der Waals surface area contributed by atoms with E-state index in [1.807, 2.05) is 6.92 Å². The molecule has 6 heteroatoms. The summed E-state index contributed by atoms with van der Waals surface area (Å²) in [7, 11) is 1.57. The molecule has 0 aliphatic heterocycles. The molecular formula is C13H16BrNO4. The van der Waals surface area contributed by atoms with Crippen molar-refractivity contribution in [1.29, 1.82) is 0 Å². The van der Waals surface area contributed by atoms with Crippen molar-refractivity contribution in [3.8, 4) is 0 Å². The van der Waals surface area contributed by atoms with Gasteiger partial charge in [0.25, 0.3) is 0 Å². The highest BCUT2D eigenvalue weighted by Gasteiger charge is 2.14. The highest BCUT2D eigenvalue weighted by Crippen LogP contribution is 2.22. The van der Waals surface area contributed by atoms with E-state index in [0.29, 0.717) is 11.1 Å². The Morgan fingerprint density at radius 1 is 1.47 bits per heavy atom. The normalized spacial score (nSPS) is 11.9. The lowest BCUT2D eigenvalue weighted by Gasteiger charge is -2.12. The van der Waals surface area contributed by atoms with Crippen LogP contribution in [0.3, 0.4) is 0 Å². The number of anilines is 1. The van der Waals surface area contributed by atoms with E-state index in [1.54, 1.807) is 19.2 Å². The van der Waals surface area contributed by atoms with E-state index in [4.69, 9.17) is 9.84 Å². The second-order valence-corrected chi connectivity index (χ2v) is 5.22. The Labute approximate surface area is 120 Å². The number of carboxylic acid groups (broad SMARTS) is 1. The predicted molar refractivity (Wildman–Crippen MR) is 75.4 cm³/mol. The number of benzene rings is 1. The Bertz CT molecular complexity index is 476. The average molecular weight is 330 g/mol. The van der Waals surface area contributed by atoms with E-state index < -0.39 is 5.97 Å². The maximum atomic E-state index is 11.8. The third-order valence-corrected chi connectivity index (χ3v) is 2.96. The van der Waals surface area contributed by atoms with Crippen molar-refractivity contribution >= 4 is 33.5 Å². The van der Waals surface area contributed by atoms with Crippen molar-refractivity contribution < 1.29 is 19.4 Å². The van der Waals surface area contributed by atoms with Crippen LogP contribution in [0.4, 0.5) is 5.69 Å². The summed E-state index contributed by atoms with van der Waals surface area (Å²) < 4.78 is 5.66. The van der Waals surface area contributed by atoms with Gasteiger partial charge in [-0.1, -0.05) is 22.9 Å². The van der Waals surface area contributed by atoms with Gasteiger partial charge < -0.3 is 15.2 Å². The number of nitrogens with one attached hydrogen (secondary N) is 1. The quantitative estimate of drug-likeness (QED) is 0.841. The number of carboxylic acids is 1. The number of methoxy groups -OCH3 is 1. The van der Waals surface area contributed by atoms with E-state index in [1.165, 1.54) is 6.07 Å². The van der Waals surface area contributed by atoms with E-state index in [2.05, 4.69) is 21.2 Å². The molecule has 0 saturated heterocycles. The zero-order chi connectivity index (χ0) is 14.4. The van der Waals surface area contributed by atoms with Gasteiger partial charge in [0, 0.05) is 24.6 Å². The zero-order valence-corrected chi connectivity index (χ0v) is 12.4. The average Bonchev–Trinajstić information content (AvgIpc) is 2.28. The number of hydrogen-bond acceptors (Lipinski definition) is 3. The third kappa shape index (κ3) is 5.00. The number of carbonyl (C=O) groups excluding carboxylic acids is 1. The molecule has 1 unspecified atom stereocenters. The van der Waals surface area contributed by atoms with Crippen LogP contribution in [0.15, 0.2) is 22.7 Å². The van der Waals surface area contributed by atoms with E-state index >= 15 is 0 Å². The summed E-state index contributed by atoms with van der Waals surface area (Å²) in [5.74, 6) is -1.23. The molecule has 0 heterocycles. The van der Waals surface area contributed by atoms with Crippen molar-refractivity contribution in [3.63, 3.8) is 0 Å². The first kappa shape index (κ1) is 15.7. The van der Waals surface area contributed by atoms with Crippen molar-refractivity contribution in [2.24, 2.45) is 5.92 Å². The van der Waals surface area contributed by atoms with Crippen LogP contribution in [0.25, 0.3) is 0 Å². The van der Waals surface area contributed by atoms with Gasteiger partial charge in [0.1, 0.15) is 0 Å². The second kappa shape index (κ2) is 7.25. The topological polar surface area (TPSA) is 75.6 Å². The summed E-state index contributed by atoms with van der Waals surface area (Å²) in [5, 5.41) is 11.7. The van der Waals surface area contributed by atoms with Crippen LogP contribution >= 0.6 is 15.9 Å². The van der Waals surface area contributed by atoms with Crippen molar-refractivity contribution in [3.05, 3.63) is 28.2 Å². The highest BCUT2D eigenvalue weighted by atomic mass is 79.9. The van der Waals surface area contributed by atoms with Gasteiger partial charge in [0.2, 0.25) is 5.91 Å². The van der Waals surface area contributed by atoms with Gasteiger partial charge in [0.15, 0.2) is 0 Å². The van der Waals surface area contributed by atoms with Crippen LogP contribution in [0.5, 0.6) is 0 Å². The van der Waals surface area contributed by atoms with Crippen LogP contribution in [0.2, 0.25) is 0 Å². The lowest BCUT2D eigenvalue weighted by atomic mass is 10.1. The van der Waals surface area contributed by atoms with Crippen LogP contribution < -0.4 is 5.32 Å². The summed E-state index contributed by atoms with van der Waals surface area (Å²) >= 11 is 3.25. The fraction of sp³-hybridized carbons (Fsp3) is 0.385. The molecule has 104 valence electrons. The van der Waals surface area contributed by atoms with Gasteiger partial charge in [-0.05, 0) is 24.1 Å². The van der Waals surface area contributed by atoms with E-state index in [-0.39, 0.29) is 29.5 Å². The first-order valence-electron chi connectivity index (χ1n) is 5.75. The minimum absolute atomic E-state index is 0.0657. The van der Waals surface area contributed by atoms with E-state index in [0.717, 1.165) is 0 Å². The summed E-state index contributed by atoms with van der Waals surface area (Å²) in [6.45, 7) is 2.37. The van der Waals surface area contributed by atoms with Gasteiger partial charge in [-0.3, -0.25) is 4.79 Å². The molecule has 2 N–H and O–H groups in total. The molecule has 0 aromatic heterocycles. The molecule has 1 aromatic rings. The smallest absolute Gasteiger partial charge is 0.337 e. The molecule has 1 rings (SSSR count). The first-order chi connectivity index (χ1) is 8.93. The summed E-state index contributed by atoms with van der Waals surface area (Å²) in [4.78, 5) is 22.9. The van der Waals surface area contributed by atoms with Gasteiger partial charge in [0.05, 0.1) is 11.3 Å². The molecule has 0 saturated carbocycles. The number of ether oxygens (including phenoxy) is 1. The number of hydrogen-bond donors (Lipinski definition) is 2. The van der Waals surface area contributed by atoms with E-state index in [9.17, 15) is 9.59 Å². The van der Waals surface area contributed by atoms with Crippen LogP contribution in [0, 0.1) is 5.92 Å². The molecule has 0 spiro atoms. The maximum absolute atomic E-state index is 11.8. The maximum Gasteiger partial charge on any atom is 0.337 e. The van der Waals surface area contributed by atoms with Crippen LogP contribution in [-0.2, 0) is 9.53 Å². The highest BCUT2D eigenvalue weighted by molar-refractivity contribution is 9.10. The third-order valence-electron chi connectivity index (χ3n) is 2.47.